The van der Waals surface area contributed by atoms with Crippen LogP contribution in [0.1, 0.15) is 51.3 Å². The maximum Gasteiger partial charge on any atom is 0.0572 e. The van der Waals surface area contributed by atoms with Crippen molar-refractivity contribution >= 4 is 5.69 Å². The first kappa shape index (κ1) is 12.4. The molecule has 2 atom stereocenters. The van der Waals surface area contributed by atoms with Crippen LogP contribution in [-0.2, 0) is 0 Å². The Balaban J connectivity index is 2.12. The van der Waals surface area contributed by atoms with E-state index >= 15 is 0 Å². The third-order valence-electron chi connectivity index (χ3n) is 3.77. The van der Waals surface area contributed by atoms with Crippen LogP contribution in [0.25, 0.3) is 0 Å². The Morgan fingerprint density at radius 3 is 2.88 bits per heavy atom. The van der Waals surface area contributed by atoms with Crippen LogP contribution in [0.4, 0.5) is 5.69 Å². The number of nitrogens with zero attached hydrogens (tertiary/aromatic N) is 2. The summed E-state index contributed by atoms with van der Waals surface area (Å²) in [7, 11) is 0. The van der Waals surface area contributed by atoms with Crippen LogP contribution in [-0.4, -0.2) is 17.6 Å². The second kappa shape index (κ2) is 5.50. The molecule has 1 fully saturated rings. The summed E-state index contributed by atoms with van der Waals surface area (Å²) < 4.78 is 0. The van der Waals surface area contributed by atoms with Gasteiger partial charge in [0, 0.05) is 18.6 Å². The van der Waals surface area contributed by atoms with Gasteiger partial charge in [-0.05, 0) is 37.8 Å². The minimum atomic E-state index is 0.0737. The van der Waals surface area contributed by atoms with Gasteiger partial charge in [-0.2, -0.15) is 0 Å². The van der Waals surface area contributed by atoms with Gasteiger partial charge in [0.25, 0.3) is 0 Å². The topological polar surface area (TPSA) is 42.1 Å². The summed E-state index contributed by atoms with van der Waals surface area (Å²) in [6.45, 7) is 5.52. The van der Waals surface area contributed by atoms with Crippen LogP contribution in [0.2, 0.25) is 0 Å². The summed E-state index contributed by atoms with van der Waals surface area (Å²) >= 11 is 0. The highest BCUT2D eigenvalue weighted by atomic mass is 15.2. The molecule has 2 N–H and O–H groups in total. The number of aromatic nitrogens is 1. The van der Waals surface area contributed by atoms with Crippen LogP contribution in [0.3, 0.4) is 0 Å². The molecule has 0 aliphatic carbocycles. The lowest BCUT2D eigenvalue weighted by atomic mass is 10.1. The lowest BCUT2D eigenvalue weighted by molar-refractivity contribution is 0.642. The Morgan fingerprint density at radius 1 is 1.47 bits per heavy atom. The molecule has 0 spiro atoms. The van der Waals surface area contributed by atoms with Crippen molar-refractivity contribution in [2.75, 3.05) is 11.4 Å². The van der Waals surface area contributed by atoms with Crippen molar-refractivity contribution in [1.82, 2.24) is 4.98 Å². The molecule has 3 nitrogen and oxygen atoms in total. The van der Waals surface area contributed by atoms with Gasteiger partial charge in [0.2, 0.25) is 0 Å². The van der Waals surface area contributed by atoms with Gasteiger partial charge in [0.05, 0.1) is 17.6 Å². The lowest BCUT2D eigenvalue weighted by Crippen LogP contribution is -2.28. The van der Waals surface area contributed by atoms with E-state index in [4.69, 9.17) is 5.73 Å². The smallest absolute Gasteiger partial charge is 0.0572 e. The first-order valence-corrected chi connectivity index (χ1v) is 6.74. The summed E-state index contributed by atoms with van der Waals surface area (Å²) in [5.74, 6) is 0. The molecule has 17 heavy (non-hydrogen) atoms. The van der Waals surface area contributed by atoms with E-state index < -0.39 is 0 Å². The van der Waals surface area contributed by atoms with Gasteiger partial charge in [-0.1, -0.05) is 13.8 Å². The molecule has 1 unspecified atom stereocenters. The average Bonchev–Trinajstić information content (AvgIpc) is 2.86. The first-order valence-electron chi connectivity index (χ1n) is 6.74. The number of hydrogen-bond donors (Lipinski definition) is 1. The molecule has 2 heterocycles. The molecule has 2 rings (SSSR count). The van der Waals surface area contributed by atoms with Gasteiger partial charge in [0.15, 0.2) is 0 Å². The van der Waals surface area contributed by atoms with Crippen molar-refractivity contribution in [2.24, 2.45) is 5.73 Å². The molecule has 3 heteroatoms. The van der Waals surface area contributed by atoms with E-state index in [0.717, 1.165) is 12.1 Å². The molecule has 1 aromatic heterocycles. The predicted molar refractivity (Wildman–Crippen MR) is 72.1 cm³/mol. The number of rotatable bonds is 4. The van der Waals surface area contributed by atoms with E-state index in [9.17, 15) is 0 Å². The molecule has 0 saturated carbocycles. The molecule has 1 aliphatic rings. The highest BCUT2D eigenvalue weighted by Gasteiger charge is 2.23. The molecule has 1 aliphatic heterocycles. The van der Waals surface area contributed by atoms with E-state index in [0.29, 0.717) is 6.04 Å². The van der Waals surface area contributed by atoms with Gasteiger partial charge >= 0.3 is 0 Å². The fraction of sp³-hybridized carbons (Fsp3) is 0.643. The number of pyridine rings is 1. The summed E-state index contributed by atoms with van der Waals surface area (Å²) in [6, 6.07) is 5.02. The Kier molecular flexibility index (Phi) is 4.00. The zero-order valence-corrected chi connectivity index (χ0v) is 10.9. The predicted octanol–water partition coefficient (Wildman–Crippen LogP) is 2.87. The van der Waals surface area contributed by atoms with E-state index in [2.05, 4.69) is 35.9 Å². The maximum atomic E-state index is 5.98. The zero-order valence-electron chi connectivity index (χ0n) is 10.9. The second-order valence-corrected chi connectivity index (χ2v) is 4.85. The van der Waals surface area contributed by atoms with E-state index in [1.165, 1.54) is 31.5 Å². The van der Waals surface area contributed by atoms with Crippen molar-refractivity contribution in [3.05, 3.63) is 24.0 Å². The minimum Gasteiger partial charge on any atom is -0.367 e. The molecular formula is C14H23N3. The van der Waals surface area contributed by atoms with Crippen LogP contribution in [0.5, 0.6) is 0 Å². The van der Waals surface area contributed by atoms with Gasteiger partial charge in [0.1, 0.15) is 0 Å². The normalized spacial score (nSPS) is 21.8. The largest absolute Gasteiger partial charge is 0.367 e. The summed E-state index contributed by atoms with van der Waals surface area (Å²) in [6.07, 6.45) is 6.75. The monoisotopic (exact) mass is 233 g/mol. The fourth-order valence-electron chi connectivity index (χ4n) is 2.60. The summed E-state index contributed by atoms with van der Waals surface area (Å²) in [4.78, 5) is 6.98. The third kappa shape index (κ3) is 2.60. The Labute approximate surface area is 104 Å². The Hall–Kier alpha value is -1.09. The second-order valence-electron chi connectivity index (χ2n) is 4.85. The fourth-order valence-corrected chi connectivity index (χ4v) is 2.60. The van der Waals surface area contributed by atoms with E-state index in [1.807, 2.05) is 6.20 Å². The molecule has 94 valence electrons. The molecule has 1 aromatic rings. The van der Waals surface area contributed by atoms with Crippen molar-refractivity contribution in [3.63, 3.8) is 0 Å². The quantitative estimate of drug-likeness (QED) is 0.869. The number of anilines is 1. The molecule has 1 saturated heterocycles. The molecule has 0 amide bonds. The zero-order chi connectivity index (χ0) is 12.3. The standard InChI is InChI=1S/C14H23N3/c1-3-11-6-5-9-17(11)12-7-8-14(16-10-12)13(15)4-2/h7-8,10-11,13H,3-6,9,15H2,1-2H3/t11?,13-/m1/s1. The van der Waals surface area contributed by atoms with Crippen LogP contribution in [0, 0.1) is 0 Å². The highest BCUT2D eigenvalue weighted by molar-refractivity contribution is 5.47. The molecular weight excluding hydrogens is 210 g/mol. The van der Waals surface area contributed by atoms with Gasteiger partial charge in [-0.25, -0.2) is 0 Å². The van der Waals surface area contributed by atoms with Crippen LogP contribution >= 0.6 is 0 Å². The average molecular weight is 233 g/mol. The minimum absolute atomic E-state index is 0.0737. The molecule has 0 aromatic carbocycles. The molecule has 0 bridgehead atoms. The van der Waals surface area contributed by atoms with Gasteiger partial charge in [-0.15, -0.1) is 0 Å². The van der Waals surface area contributed by atoms with Crippen molar-refractivity contribution in [2.45, 2.75) is 51.6 Å². The van der Waals surface area contributed by atoms with E-state index in [1.54, 1.807) is 0 Å². The molecule has 0 radical (unpaired) electrons. The SMILES string of the molecule is CCC1CCCN1c1ccc([C@H](N)CC)nc1. The van der Waals surface area contributed by atoms with E-state index in [-0.39, 0.29) is 6.04 Å². The van der Waals surface area contributed by atoms with Crippen molar-refractivity contribution in [1.29, 1.82) is 0 Å². The highest BCUT2D eigenvalue weighted by Crippen LogP contribution is 2.27. The first-order chi connectivity index (χ1) is 8.26. The summed E-state index contributed by atoms with van der Waals surface area (Å²) in [5.41, 5.74) is 8.23. The van der Waals surface area contributed by atoms with Crippen LogP contribution in [0.15, 0.2) is 18.3 Å². The Bertz CT molecular complexity index is 347. The van der Waals surface area contributed by atoms with Crippen molar-refractivity contribution in [3.8, 4) is 0 Å². The third-order valence-corrected chi connectivity index (χ3v) is 3.77. The number of nitrogens with two attached hydrogens (primary N) is 1. The Morgan fingerprint density at radius 2 is 2.29 bits per heavy atom. The van der Waals surface area contributed by atoms with Crippen molar-refractivity contribution < 1.29 is 0 Å². The van der Waals surface area contributed by atoms with Gasteiger partial charge in [-0.3, -0.25) is 4.98 Å². The summed E-state index contributed by atoms with van der Waals surface area (Å²) in [5, 5.41) is 0. The number of hydrogen-bond acceptors (Lipinski definition) is 3. The lowest BCUT2D eigenvalue weighted by Gasteiger charge is -2.25. The maximum absolute atomic E-state index is 5.98. The van der Waals surface area contributed by atoms with Crippen LogP contribution < -0.4 is 10.6 Å². The van der Waals surface area contributed by atoms with Gasteiger partial charge < -0.3 is 10.6 Å².